The molecule has 0 unspecified atom stereocenters. The predicted molar refractivity (Wildman–Crippen MR) is 71.2 cm³/mol. The number of benzene rings is 1. The molecule has 0 aliphatic heterocycles. The maximum Gasteiger partial charge on any atom is 0.527 e. The van der Waals surface area contributed by atoms with Gasteiger partial charge in [-0.3, -0.25) is 14.6 Å². The van der Waals surface area contributed by atoms with E-state index in [4.69, 9.17) is 14.6 Å². The van der Waals surface area contributed by atoms with Gasteiger partial charge in [0.25, 0.3) is 0 Å². The van der Waals surface area contributed by atoms with Crippen LogP contribution in [0, 0.1) is 0 Å². The van der Waals surface area contributed by atoms with Gasteiger partial charge in [-0.15, -0.1) is 0 Å². The lowest BCUT2D eigenvalue weighted by atomic mass is 10.2. The van der Waals surface area contributed by atoms with Gasteiger partial charge in [0.15, 0.2) is 6.04 Å². The summed E-state index contributed by atoms with van der Waals surface area (Å²) in [5.74, 6) is -1.09. The zero-order valence-corrected chi connectivity index (χ0v) is 12.7. The zero-order chi connectivity index (χ0) is 14.6. The van der Waals surface area contributed by atoms with Gasteiger partial charge >= 0.3 is 13.8 Å². The molecule has 0 bridgehead atoms. The average molecular weight is 354 g/mol. The van der Waals surface area contributed by atoms with Crippen LogP contribution in [0.5, 0.6) is 0 Å². The highest BCUT2D eigenvalue weighted by Crippen LogP contribution is 2.36. The maximum absolute atomic E-state index is 11.6. The van der Waals surface area contributed by atoms with Gasteiger partial charge in [-0.2, -0.15) is 0 Å². The molecule has 0 aliphatic rings. The fourth-order valence-electron chi connectivity index (χ4n) is 1.36. The fourth-order valence-corrected chi connectivity index (χ4v) is 2.02. The van der Waals surface area contributed by atoms with Crippen molar-refractivity contribution in [3.63, 3.8) is 0 Å². The molecule has 2 N–H and O–H groups in total. The molecule has 0 amide bonds. The molecule has 0 spiro atoms. The summed E-state index contributed by atoms with van der Waals surface area (Å²) in [6.07, 6.45) is 0. The molecular formula is C10H13BrNO6P. The molecule has 1 rings (SSSR count). The van der Waals surface area contributed by atoms with Crippen molar-refractivity contribution < 1.29 is 28.5 Å². The van der Waals surface area contributed by atoms with Crippen LogP contribution in [0.1, 0.15) is 6.92 Å². The molecule has 0 aliphatic carbocycles. The summed E-state index contributed by atoms with van der Waals surface area (Å²) in [6, 6.07) is 5.81. The normalized spacial score (nSPS) is 12.9. The van der Waals surface area contributed by atoms with Crippen LogP contribution < -0.4 is 5.06 Å². The number of phosphoric acid groups is 1. The first-order chi connectivity index (χ1) is 8.74. The molecule has 9 heteroatoms. The third kappa shape index (κ3) is 4.93. The number of halogens is 1. The van der Waals surface area contributed by atoms with E-state index < -0.39 is 19.8 Å². The van der Waals surface area contributed by atoms with Gasteiger partial charge in [0.05, 0.1) is 12.8 Å². The van der Waals surface area contributed by atoms with Crippen LogP contribution in [0.2, 0.25) is 0 Å². The molecule has 1 atom stereocenters. The minimum absolute atomic E-state index is 0.542. The first-order valence-electron chi connectivity index (χ1n) is 5.12. The molecule has 106 valence electrons. The fraction of sp³-hybridized carbons (Fsp3) is 0.300. The summed E-state index contributed by atoms with van der Waals surface area (Å²) in [6.45, 7) is 1.41. The lowest BCUT2D eigenvalue weighted by molar-refractivity contribution is -0.138. The summed E-state index contributed by atoms with van der Waals surface area (Å²) >= 11 is 3.27. The summed E-state index contributed by atoms with van der Waals surface area (Å²) in [7, 11) is -3.53. The number of anilines is 1. The quantitative estimate of drug-likeness (QED) is 0.615. The molecule has 7 nitrogen and oxygen atoms in total. The van der Waals surface area contributed by atoms with Crippen LogP contribution in [-0.4, -0.2) is 28.9 Å². The van der Waals surface area contributed by atoms with E-state index in [0.29, 0.717) is 5.69 Å². The van der Waals surface area contributed by atoms with Crippen molar-refractivity contribution in [3.05, 3.63) is 28.7 Å². The van der Waals surface area contributed by atoms with Crippen molar-refractivity contribution in [2.24, 2.45) is 0 Å². The SMILES string of the molecule is CON(c1ccc(Br)cc1)[C@@H](C)C(=O)OP(=O)(O)O. The van der Waals surface area contributed by atoms with E-state index in [9.17, 15) is 9.36 Å². The number of phosphoric ester groups is 1. The maximum atomic E-state index is 11.6. The number of hydrogen-bond donors (Lipinski definition) is 2. The Morgan fingerprint density at radius 2 is 1.89 bits per heavy atom. The van der Waals surface area contributed by atoms with Crippen molar-refractivity contribution in [1.82, 2.24) is 0 Å². The van der Waals surface area contributed by atoms with Gasteiger partial charge < -0.3 is 4.52 Å². The Morgan fingerprint density at radius 1 is 1.37 bits per heavy atom. The molecular weight excluding hydrogens is 341 g/mol. The Morgan fingerprint density at radius 3 is 2.32 bits per heavy atom. The molecule has 1 aromatic rings. The van der Waals surface area contributed by atoms with Gasteiger partial charge in [-0.25, -0.2) is 14.4 Å². The molecule has 0 saturated carbocycles. The van der Waals surface area contributed by atoms with Gasteiger partial charge in [0, 0.05) is 4.47 Å². The number of hydrogen-bond acceptors (Lipinski definition) is 5. The zero-order valence-electron chi connectivity index (χ0n) is 10.2. The van der Waals surface area contributed by atoms with E-state index >= 15 is 0 Å². The lowest BCUT2D eigenvalue weighted by Crippen LogP contribution is -2.39. The monoisotopic (exact) mass is 353 g/mol. The third-order valence-electron chi connectivity index (χ3n) is 2.18. The minimum Gasteiger partial charge on any atom is -0.369 e. The van der Waals surface area contributed by atoms with Crippen molar-refractivity contribution in [3.8, 4) is 0 Å². The van der Waals surface area contributed by atoms with Crippen LogP contribution in [-0.2, 0) is 18.7 Å². The smallest absolute Gasteiger partial charge is 0.369 e. The van der Waals surface area contributed by atoms with Gasteiger partial charge in [0.1, 0.15) is 0 Å². The van der Waals surface area contributed by atoms with Crippen molar-refractivity contribution in [2.75, 3.05) is 12.2 Å². The Hall–Kier alpha value is -0.920. The summed E-state index contributed by atoms with van der Waals surface area (Å²) < 4.78 is 15.5. The standard InChI is InChI=1S/C10H13BrNO6P/c1-7(10(13)18-19(14,15)16)12(17-2)9-5-3-8(11)4-6-9/h3-7H,1-2H3,(H2,14,15,16)/t7-/m0/s1. The number of rotatable bonds is 5. The highest BCUT2D eigenvalue weighted by Gasteiger charge is 2.29. The van der Waals surface area contributed by atoms with E-state index in [1.807, 2.05) is 0 Å². The highest BCUT2D eigenvalue weighted by atomic mass is 79.9. The Labute approximate surface area is 118 Å². The van der Waals surface area contributed by atoms with Crippen molar-refractivity contribution in [2.45, 2.75) is 13.0 Å². The molecule has 0 saturated heterocycles. The Kier molecular flexibility index (Phi) is 5.51. The van der Waals surface area contributed by atoms with Crippen LogP contribution in [0.15, 0.2) is 28.7 Å². The lowest BCUT2D eigenvalue weighted by Gasteiger charge is -2.26. The van der Waals surface area contributed by atoms with Crippen molar-refractivity contribution in [1.29, 1.82) is 0 Å². The van der Waals surface area contributed by atoms with Crippen LogP contribution in [0.3, 0.4) is 0 Å². The Balaban J connectivity index is 2.88. The second-order valence-corrected chi connectivity index (χ2v) is 5.64. The second kappa shape index (κ2) is 6.49. The molecule has 1 aromatic carbocycles. The first kappa shape index (κ1) is 16.1. The minimum atomic E-state index is -4.86. The number of nitrogens with zero attached hydrogens (tertiary/aromatic N) is 1. The summed E-state index contributed by atoms with van der Waals surface area (Å²) in [5, 5.41) is 1.18. The van der Waals surface area contributed by atoms with Gasteiger partial charge in [-0.05, 0) is 31.2 Å². The van der Waals surface area contributed by atoms with E-state index in [1.54, 1.807) is 24.3 Å². The van der Waals surface area contributed by atoms with Gasteiger partial charge in [0.2, 0.25) is 0 Å². The molecule has 0 radical (unpaired) electrons. The highest BCUT2D eigenvalue weighted by molar-refractivity contribution is 9.10. The summed E-state index contributed by atoms with van der Waals surface area (Å²) in [4.78, 5) is 33.8. The predicted octanol–water partition coefficient (Wildman–Crippen LogP) is 1.84. The number of hydroxylamine groups is 1. The van der Waals surface area contributed by atoms with Crippen LogP contribution in [0.25, 0.3) is 0 Å². The first-order valence-corrected chi connectivity index (χ1v) is 7.45. The average Bonchev–Trinajstić information content (AvgIpc) is 2.30. The summed E-state index contributed by atoms with van der Waals surface area (Å²) in [5.41, 5.74) is 0.542. The largest absolute Gasteiger partial charge is 0.527 e. The van der Waals surface area contributed by atoms with Gasteiger partial charge in [-0.1, -0.05) is 15.9 Å². The molecule has 19 heavy (non-hydrogen) atoms. The molecule has 0 fully saturated rings. The second-order valence-electron chi connectivity index (χ2n) is 3.56. The third-order valence-corrected chi connectivity index (χ3v) is 3.13. The van der Waals surface area contributed by atoms with E-state index in [-0.39, 0.29) is 0 Å². The topological polar surface area (TPSA) is 96.3 Å². The number of carbonyl (C=O) groups is 1. The van der Waals surface area contributed by atoms with E-state index in [0.717, 1.165) is 4.47 Å². The Bertz CT molecular complexity index is 487. The van der Waals surface area contributed by atoms with Crippen LogP contribution >= 0.6 is 23.8 Å². The van der Waals surface area contributed by atoms with Crippen molar-refractivity contribution >= 4 is 35.4 Å². The molecule has 0 aromatic heterocycles. The van der Waals surface area contributed by atoms with E-state index in [1.165, 1.54) is 19.1 Å². The van der Waals surface area contributed by atoms with E-state index in [2.05, 4.69) is 20.5 Å². The molecule has 0 heterocycles. The number of carbonyl (C=O) groups excluding carboxylic acids is 1. The van der Waals surface area contributed by atoms with Crippen LogP contribution in [0.4, 0.5) is 5.69 Å².